The fourth-order valence-corrected chi connectivity index (χ4v) is 8.40. The third kappa shape index (κ3) is 4.60. The average molecular weight is 383 g/mol. The van der Waals surface area contributed by atoms with Crippen LogP contribution in [0.1, 0.15) is 41.5 Å². The van der Waals surface area contributed by atoms with Gasteiger partial charge in [-0.1, -0.05) is 94.4 Å². The third-order valence-electron chi connectivity index (χ3n) is 5.44. The van der Waals surface area contributed by atoms with Crippen molar-refractivity contribution < 1.29 is 9.53 Å². The second-order valence-corrected chi connectivity index (χ2v) is 12.7. The van der Waals surface area contributed by atoms with Gasteiger partial charge in [-0.05, 0) is 34.8 Å². The summed E-state index contributed by atoms with van der Waals surface area (Å²) in [5.41, 5.74) is 0.994. The summed E-state index contributed by atoms with van der Waals surface area (Å²) in [5.74, 6) is 0.0304. The van der Waals surface area contributed by atoms with E-state index in [-0.39, 0.29) is 11.0 Å². The highest BCUT2D eigenvalue weighted by Crippen LogP contribution is 2.37. The molecule has 1 N–H and O–H groups in total. The van der Waals surface area contributed by atoms with E-state index in [9.17, 15) is 5.11 Å². The molecule has 0 spiro atoms. The monoisotopic (exact) mass is 382 g/mol. The lowest BCUT2D eigenvalue weighted by Crippen LogP contribution is -2.67. The molecular weight excluding hydrogens is 348 g/mol. The fraction of sp³-hybridized carbons (Fsp3) is 0.417. The highest BCUT2D eigenvalue weighted by atomic mass is 28.4. The highest BCUT2D eigenvalue weighted by Gasteiger charge is 2.50. The number of allylic oxidation sites excluding steroid dienone is 1. The van der Waals surface area contributed by atoms with E-state index in [1.807, 2.05) is 19.9 Å². The Labute approximate surface area is 166 Å². The number of hydrogen-bond donors (Lipinski definition) is 1. The first-order chi connectivity index (χ1) is 12.7. The zero-order chi connectivity index (χ0) is 20.1. The van der Waals surface area contributed by atoms with Crippen LogP contribution in [0, 0.1) is 5.92 Å². The van der Waals surface area contributed by atoms with Crippen LogP contribution in [0.2, 0.25) is 5.04 Å². The molecule has 146 valence electrons. The van der Waals surface area contributed by atoms with Gasteiger partial charge >= 0.3 is 0 Å². The summed E-state index contributed by atoms with van der Waals surface area (Å²) in [4.78, 5) is 0. The lowest BCUT2D eigenvalue weighted by molar-refractivity contribution is 0.108. The van der Waals surface area contributed by atoms with Crippen LogP contribution in [-0.2, 0) is 4.43 Å². The third-order valence-corrected chi connectivity index (χ3v) is 10.4. The van der Waals surface area contributed by atoms with Gasteiger partial charge in [0, 0.05) is 12.5 Å². The summed E-state index contributed by atoms with van der Waals surface area (Å²) in [5, 5.41) is 13.1. The van der Waals surface area contributed by atoms with Crippen LogP contribution in [0.4, 0.5) is 0 Å². The maximum absolute atomic E-state index is 10.6. The van der Waals surface area contributed by atoms with Gasteiger partial charge in [0.05, 0.1) is 6.10 Å². The van der Waals surface area contributed by atoms with Crippen molar-refractivity contribution in [3.8, 4) is 0 Å². The molecule has 0 heterocycles. The topological polar surface area (TPSA) is 29.5 Å². The minimum absolute atomic E-state index is 0.0304. The molecule has 0 bridgehead atoms. The summed E-state index contributed by atoms with van der Waals surface area (Å²) in [6.45, 7) is 13.4. The smallest absolute Gasteiger partial charge is 0.261 e. The zero-order valence-corrected chi connectivity index (χ0v) is 18.6. The summed E-state index contributed by atoms with van der Waals surface area (Å²) >= 11 is 0. The molecule has 0 unspecified atom stereocenters. The Morgan fingerprint density at radius 1 is 1.00 bits per heavy atom. The number of rotatable bonds is 7. The van der Waals surface area contributed by atoms with Gasteiger partial charge in [-0.3, -0.25) is 0 Å². The summed E-state index contributed by atoms with van der Waals surface area (Å²) in [6.07, 6.45) is 1.50. The van der Waals surface area contributed by atoms with Crippen molar-refractivity contribution in [2.75, 3.05) is 6.61 Å². The quantitative estimate of drug-likeness (QED) is 0.563. The van der Waals surface area contributed by atoms with Crippen molar-refractivity contribution in [3.63, 3.8) is 0 Å². The molecule has 0 fully saturated rings. The predicted octanol–water partition coefficient (Wildman–Crippen LogP) is 4.53. The van der Waals surface area contributed by atoms with E-state index in [1.54, 1.807) is 0 Å². The zero-order valence-electron chi connectivity index (χ0n) is 17.6. The van der Waals surface area contributed by atoms with Crippen molar-refractivity contribution >= 4 is 18.7 Å². The van der Waals surface area contributed by atoms with Gasteiger partial charge in [0.25, 0.3) is 8.32 Å². The average Bonchev–Trinajstić information content (AvgIpc) is 2.67. The summed E-state index contributed by atoms with van der Waals surface area (Å²) in [6, 6.07) is 21.3. The van der Waals surface area contributed by atoms with Gasteiger partial charge in [-0.15, -0.1) is 0 Å². The van der Waals surface area contributed by atoms with Crippen molar-refractivity contribution in [1.82, 2.24) is 0 Å². The Morgan fingerprint density at radius 2 is 1.44 bits per heavy atom. The lowest BCUT2D eigenvalue weighted by atomic mass is 9.99. The van der Waals surface area contributed by atoms with Crippen LogP contribution < -0.4 is 10.4 Å². The van der Waals surface area contributed by atoms with Gasteiger partial charge in [0.2, 0.25) is 0 Å². The van der Waals surface area contributed by atoms with Crippen molar-refractivity contribution in [2.24, 2.45) is 5.92 Å². The summed E-state index contributed by atoms with van der Waals surface area (Å²) in [7, 11) is -2.53. The summed E-state index contributed by atoms with van der Waals surface area (Å²) < 4.78 is 6.90. The van der Waals surface area contributed by atoms with Gasteiger partial charge in [-0.25, -0.2) is 0 Å². The molecule has 2 nitrogen and oxygen atoms in total. The Balaban J connectivity index is 2.50. The van der Waals surface area contributed by atoms with Gasteiger partial charge in [-0.2, -0.15) is 0 Å². The van der Waals surface area contributed by atoms with Crippen molar-refractivity contribution in [3.05, 3.63) is 72.3 Å². The lowest BCUT2D eigenvalue weighted by Gasteiger charge is -2.43. The molecule has 27 heavy (non-hydrogen) atoms. The van der Waals surface area contributed by atoms with E-state index in [0.717, 1.165) is 5.57 Å². The van der Waals surface area contributed by atoms with Crippen LogP contribution in [0.25, 0.3) is 0 Å². The molecule has 0 saturated heterocycles. The van der Waals surface area contributed by atoms with Gasteiger partial charge in [0.1, 0.15) is 0 Å². The minimum atomic E-state index is -2.53. The molecule has 0 aliphatic carbocycles. The van der Waals surface area contributed by atoms with E-state index in [0.29, 0.717) is 6.61 Å². The predicted molar refractivity (Wildman–Crippen MR) is 118 cm³/mol. The molecule has 0 aliphatic heterocycles. The van der Waals surface area contributed by atoms with Crippen LogP contribution in [0.5, 0.6) is 0 Å². The maximum atomic E-state index is 10.6. The number of aliphatic hydroxyl groups is 1. The molecular formula is C24H34O2Si. The number of benzene rings is 2. The molecule has 0 aliphatic rings. The van der Waals surface area contributed by atoms with Crippen LogP contribution >= 0.6 is 0 Å². The number of aliphatic hydroxyl groups excluding tert-OH is 1. The molecule has 2 atom stereocenters. The first-order valence-corrected chi connectivity index (χ1v) is 11.7. The first-order valence-electron chi connectivity index (χ1n) is 9.80. The second kappa shape index (κ2) is 9.00. The molecule has 3 heteroatoms. The van der Waals surface area contributed by atoms with E-state index in [1.165, 1.54) is 10.4 Å². The Hall–Kier alpha value is -1.68. The molecule has 0 saturated carbocycles. The Morgan fingerprint density at radius 3 is 1.81 bits per heavy atom. The minimum Gasteiger partial charge on any atom is -0.407 e. The molecule has 2 aromatic rings. The second-order valence-electron chi connectivity index (χ2n) is 8.43. The Bertz CT molecular complexity index is 692. The molecule has 0 radical (unpaired) electrons. The van der Waals surface area contributed by atoms with Crippen LogP contribution in [0.15, 0.2) is 72.3 Å². The highest BCUT2D eigenvalue weighted by molar-refractivity contribution is 6.99. The molecule has 0 amide bonds. The first kappa shape index (κ1) is 21.6. The van der Waals surface area contributed by atoms with E-state index < -0.39 is 14.4 Å². The van der Waals surface area contributed by atoms with Crippen molar-refractivity contribution in [1.29, 1.82) is 0 Å². The molecule has 2 aromatic carbocycles. The van der Waals surface area contributed by atoms with E-state index in [2.05, 4.69) is 88.4 Å². The fourth-order valence-electron chi connectivity index (χ4n) is 3.73. The SMILES string of the molecule is C/C=C(\C)[C@@H](O)[C@H](C)CO[Si](c1ccccc1)(c1ccccc1)C(C)(C)C. The van der Waals surface area contributed by atoms with Gasteiger partial charge < -0.3 is 9.53 Å². The van der Waals surface area contributed by atoms with E-state index >= 15 is 0 Å². The largest absolute Gasteiger partial charge is 0.407 e. The molecule has 2 rings (SSSR count). The van der Waals surface area contributed by atoms with E-state index in [4.69, 9.17) is 4.43 Å². The Kier molecular flexibility index (Phi) is 7.21. The van der Waals surface area contributed by atoms with Crippen LogP contribution in [-0.4, -0.2) is 26.1 Å². The van der Waals surface area contributed by atoms with Gasteiger partial charge in [0.15, 0.2) is 0 Å². The maximum Gasteiger partial charge on any atom is 0.261 e. The van der Waals surface area contributed by atoms with Crippen molar-refractivity contribution in [2.45, 2.75) is 52.7 Å². The number of hydrogen-bond acceptors (Lipinski definition) is 2. The van der Waals surface area contributed by atoms with Crippen LogP contribution in [0.3, 0.4) is 0 Å². The normalized spacial score (nSPS) is 15.4. The standard InChI is InChI=1S/C24H34O2Si/c1-7-19(2)23(25)20(3)18-26-27(24(4,5)6,21-14-10-8-11-15-21)22-16-12-9-13-17-22/h7-17,20,23,25H,18H2,1-6H3/b19-7+/t20-,23-/m1/s1. The molecule has 0 aromatic heterocycles.